The standard InChI is InChI=1S/C31H31FN4O6/c1-2-41-31(40)34-14-12-24(13-15-34)36-17-16-35-19-25(29(38)33-18-21-8-10-23(32)11-9-21)27(37)28(26(35)30(36)39)42-20-22-6-4-3-5-7-22/h3-11,16-17,19,24H,2,12-15,18,20H2,1H3,(H,33,38). The van der Waals surface area contributed by atoms with Crippen molar-refractivity contribution in [2.24, 2.45) is 0 Å². The lowest BCUT2D eigenvalue weighted by atomic mass is 10.0. The van der Waals surface area contributed by atoms with E-state index in [0.717, 1.165) is 5.56 Å². The van der Waals surface area contributed by atoms with E-state index in [1.807, 2.05) is 30.3 Å². The Balaban J connectivity index is 1.48. The fraction of sp³-hybridized carbons (Fsp3) is 0.290. The topological polar surface area (TPSA) is 111 Å². The van der Waals surface area contributed by atoms with Gasteiger partial charge in [0.05, 0.1) is 6.61 Å². The molecule has 2 amide bonds. The molecule has 3 heterocycles. The minimum Gasteiger partial charge on any atom is -0.483 e. The second-order valence-corrected chi connectivity index (χ2v) is 9.97. The minimum absolute atomic E-state index is 0.0126. The lowest BCUT2D eigenvalue weighted by Crippen LogP contribution is -2.41. The molecule has 0 bridgehead atoms. The number of rotatable bonds is 8. The summed E-state index contributed by atoms with van der Waals surface area (Å²) >= 11 is 0. The molecule has 0 spiro atoms. The first-order valence-electron chi connectivity index (χ1n) is 13.8. The van der Waals surface area contributed by atoms with Crippen molar-refractivity contribution in [2.45, 2.75) is 39.0 Å². The monoisotopic (exact) mass is 574 g/mol. The number of aromatic nitrogens is 2. The number of piperidine rings is 1. The molecule has 218 valence electrons. The molecule has 0 radical (unpaired) electrons. The fourth-order valence-electron chi connectivity index (χ4n) is 5.00. The van der Waals surface area contributed by atoms with E-state index in [1.165, 1.54) is 34.9 Å². The van der Waals surface area contributed by atoms with E-state index < -0.39 is 22.7 Å². The van der Waals surface area contributed by atoms with Gasteiger partial charge in [-0.1, -0.05) is 42.5 Å². The van der Waals surface area contributed by atoms with Crippen molar-refractivity contribution in [2.75, 3.05) is 19.7 Å². The molecule has 2 aromatic carbocycles. The highest BCUT2D eigenvalue weighted by Gasteiger charge is 2.27. The number of nitrogens with one attached hydrogen (secondary N) is 1. The van der Waals surface area contributed by atoms with Gasteiger partial charge in [0.1, 0.15) is 18.0 Å². The van der Waals surface area contributed by atoms with Crippen LogP contribution in [0.15, 0.2) is 82.8 Å². The molecule has 0 unspecified atom stereocenters. The molecule has 1 N–H and O–H groups in total. The van der Waals surface area contributed by atoms with Crippen LogP contribution in [0.1, 0.15) is 47.3 Å². The third kappa shape index (κ3) is 6.19. The van der Waals surface area contributed by atoms with Gasteiger partial charge in [-0.2, -0.15) is 0 Å². The van der Waals surface area contributed by atoms with Gasteiger partial charge in [-0.15, -0.1) is 0 Å². The number of ether oxygens (including phenoxy) is 2. The Bertz CT molecular complexity index is 1690. The molecule has 42 heavy (non-hydrogen) atoms. The van der Waals surface area contributed by atoms with E-state index in [1.54, 1.807) is 28.8 Å². The van der Waals surface area contributed by atoms with Crippen LogP contribution in [-0.2, 0) is 17.9 Å². The number of pyridine rings is 1. The molecule has 1 aliphatic rings. The highest BCUT2D eigenvalue weighted by Crippen LogP contribution is 2.23. The molecular weight excluding hydrogens is 543 g/mol. The van der Waals surface area contributed by atoms with Gasteiger partial charge in [0.2, 0.25) is 5.43 Å². The van der Waals surface area contributed by atoms with Crippen molar-refractivity contribution in [1.82, 2.24) is 19.2 Å². The second kappa shape index (κ2) is 12.7. The Kier molecular flexibility index (Phi) is 8.66. The van der Waals surface area contributed by atoms with Crippen LogP contribution >= 0.6 is 0 Å². The van der Waals surface area contributed by atoms with E-state index >= 15 is 0 Å². The van der Waals surface area contributed by atoms with E-state index in [0.29, 0.717) is 31.5 Å². The number of likely N-dealkylation sites (tertiary alicyclic amines) is 1. The Labute approximate surface area is 240 Å². The normalized spacial score (nSPS) is 13.6. The number of hydrogen-bond acceptors (Lipinski definition) is 6. The summed E-state index contributed by atoms with van der Waals surface area (Å²) < 4.78 is 27.3. The molecule has 1 aliphatic heterocycles. The lowest BCUT2D eigenvalue weighted by molar-refractivity contribution is 0.0921. The summed E-state index contributed by atoms with van der Waals surface area (Å²) in [6, 6.07) is 14.6. The van der Waals surface area contributed by atoms with E-state index in [2.05, 4.69) is 5.32 Å². The predicted molar refractivity (Wildman–Crippen MR) is 153 cm³/mol. The molecule has 2 aromatic heterocycles. The highest BCUT2D eigenvalue weighted by atomic mass is 19.1. The van der Waals surface area contributed by atoms with Gasteiger partial charge >= 0.3 is 6.09 Å². The summed E-state index contributed by atoms with van der Waals surface area (Å²) in [4.78, 5) is 54.4. The fourth-order valence-corrected chi connectivity index (χ4v) is 5.00. The van der Waals surface area contributed by atoms with Crippen LogP contribution in [0.2, 0.25) is 0 Å². The zero-order chi connectivity index (χ0) is 29.6. The number of benzene rings is 2. The Morgan fingerprint density at radius 1 is 0.976 bits per heavy atom. The van der Waals surface area contributed by atoms with Crippen molar-refractivity contribution in [3.05, 3.63) is 116 Å². The van der Waals surface area contributed by atoms with Gasteiger partial charge in [0.15, 0.2) is 11.3 Å². The third-order valence-corrected chi connectivity index (χ3v) is 7.24. The number of hydrogen-bond donors (Lipinski definition) is 1. The molecule has 0 saturated carbocycles. The lowest BCUT2D eigenvalue weighted by Gasteiger charge is -2.32. The van der Waals surface area contributed by atoms with Crippen molar-refractivity contribution in [1.29, 1.82) is 0 Å². The number of carbonyl (C=O) groups is 2. The van der Waals surface area contributed by atoms with Crippen molar-refractivity contribution >= 4 is 17.5 Å². The minimum atomic E-state index is -0.713. The number of carbonyl (C=O) groups excluding carboxylic acids is 2. The first-order valence-corrected chi connectivity index (χ1v) is 13.8. The van der Waals surface area contributed by atoms with Gasteiger partial charge in [-0.25, -0.2) is 9.18 Å². The summed E-state index contributed by atoms with van der Waals surface area (Å²) in [5, 5.41) is 2.69. The molecule has 1 fully saturated rings. The smallest absolute Gasteiger partial charge is 0.409 e. The maximum Gasteiger partial charge on any atom is 0.409 e. The van der Waals surface area contributed by atoms with Gasteiger partial charge in [0.25, 0.3) is 11.5 Å². The van der Waals surface area contributed by atoms with E-state index in [4.69, 9.17) is 9.47 Å². The number of amides is 2. The first-order chi connectivity index (χ1) is 20.4. The SMILES string of the molecule is CCOC(=O)N1CCC(n2ccn3cc(C(=O)NCc4ccc(F)cc4)c(=O)c(OCc4ccccc4)c3c2=O)CC1. The average molecular weight is 575 g/mol. The summed E-state index contributed by atoms with van der Waals surface area (Å²) in [5.41, 5.74) is 0.103. The third-order valence-electron chi connectivity index (χ3n) is 7.24. The molecule has 1 saturated heterocycles. The van der Waals surface area contributed by atoms with Gasteiger partial charge < -0.3 is 28.7 Å². The van der Waals surface area contributed by atoms with Crippen LogP contribution in [0, 0.1) is 5.82 Å². The van der Waals surface area contributed by atoms with Crippen LogP contribution in [-0.4, -0.2) is 45.6 Å². The Morgan fingerprint density at radius 3 is 2.38 bits per heavy atom. The number of halogens is 1. The van der Waals surface area contributed by atoms with Crippen LogP contribution in [0.3, 0.4) is 0 Å². The molecule has 11 heteroatoms. The van der Waals surface area contributed by atoms with Crippen molar-refractivity contribution in [3.8, 4) is 5.75 Å². The predicted octanol–water partition coefficient (Wildman–Crippen LogP) is 3.90. The first kappa shape index (κ1) is 28.6. The zero-order valence-electron chi connectivity index (χ0n) is 23.1. The maximum atomic E-state index is 13.8. The Hall–Kier alpha value is -4.93. The summed E-state index contributed by atoms with van der Waals surface area (Å²) in [6.07, 6.45) is 5.23. The molecule has 0 atom stereocenters. The number of nitrogens with zero attached hydrogens (tertiary/aromatic N) is 3. The second-order valence-electron chi connectivity index (χ2n) is 9.97. The van der Waals surface area contributed by atoms with E-state index in [-0.39, 0.29) is 48.7 Å². The van der Waals surface area contributed by atoms with Gasteiger partial charge in [-0.3, -0.25) is 14.4 Å². The molecule has 0 aliphatic carbocycles. The van der Waals surface area contributed by atoms with Crippen molar-refractivity contribution < 1.29 is 23.5 Å². The average Bonchev–Trinajstić information content (AvgIpc) is 3.01. The summed E-state index contributed by atoms with van der Waals surface area (Å²) in [5.74, 6) is -1.27. The van der Waals surface area contributed by atoms with Crippen LogP contribution in [0.5, 0.6) is 5.75 Å². The molecule has 5 rings (SSSR count). The van der Waals surface area contributed by atoms with Crippen LogP contribution < -0.4 is 21.0 Å². The number of fused-ring (bicyclic) bond motifs is 1. The molecular formula is C31H31FN4O6. The zero-order valence-corrected chi connectivity index (χ0v) is 23.1. The Morgan fingerprint density at radius 2 is 1.69 bits per heavy atom. The van der Waals surface area contributed by atoms with E-state index in [9.17, 15) is 23.6 Å². The molecule has 10 nitrogen and oxygen atoms in total. The van der Waals surface area contributed by atoms with Gasteiger partial charge in [0, 0.05) is 44.3 Å². The van der Waals surface area contributed by atoms with Gasteiger partial charge in [-0.05, 0) is 43.0 Å². The summed E-state index contributed by atoms with van der Waals surface area (Å²) in [6.45, 7) is 2.98. The highest BCUT2D eigenvalue weighted by molar-refractivity contribution is 5.95. The largest absolute Gasteiger partial charge is 0.483 e. The molecule has 4 aromatic rings. The van der Waals surface area contributed by atoms with Crippen LogP contribution in [0.25, 0.3) is 5.52 Å². The quantitative estimate of drug-likeness (QED) is 0.342. The maximum absolute atomic E-state index is 13.8. The van der Waals surface area contributed by atoms with Crippen LogP contribution in [0.4, 0.5) is 9.18 Å². The van der Waals surface area contributed by atoms with Crippen molar-refractivity contribution in [3.63, 3.8) is 0 Å². The summed E-state index contributed by atoms with van der Waals surface area (Å²) in [7, 11) is 0.